The molecule has 0 heterocycles. The molecule has 0 saturated carbocycles. The highest BCUT2D eigenvalue weighted by Crippen LogP contribution is 2.25. The Bertz CT molecular complexity index is 459. The van der Waals surface area contributed by atoms with Crippen molar-refractivity contribution >= 4 is 0 Å². The van der Waals surface area contributed by atoms with E-state index in [0.29, 0.717) is 11.1 Å². The Labute approximate surface area is 119 Å². The summed E-state index contributed by atoms with van der Waals surface area (Å²) in [5.74, 6) is 0.438. The molecule has 1 unspecified atom stereocenters. The van der Waals surface area contributed by atoms with Crippen LogP contribution in [0, 0.1) is 19.7 Å². The maximum absolute atomic E-state index is 13.9. The summed E-state index contributed by atoms with van der Waals surface area (Å²) in [6.45, 7) is 1.41. The van der Waals surface area contributed by atoms with Crippen LogP contribution in [0.4, 0.5) is 22.0 Å². The lowest BCUT2D eigenvalue weighted by Crippen LogP contribution is -2.36. The minimum Gasteiger partial charge on any atom is -0.373 e. The predicted molar refractivity (Wildman–Crippen MR) is 67.7 cm³/mol. The summed E-state index contributed by atoms with van der Waals surface area (Å²) < 4.78 is 67.9. The van der Waals surface area contributed by atoms with Gasteiger partial charge in [0.1, 0.15) is 12.4 Å². The number of hydrazine groups is 1. The van der Waals surface area contributed by atoms with Crippen molar-refractivity contribution in [2.45, 2.75) is 32.2 Å². The third-order valence-electron chi connectivity index (χ3n) is 2.93. The Balaban J connectivity index is 2.77. The molecule has 1 aromatic rings. The number of ether oxygens (including phenoxy) is 1. The largest absolute Gasteiger partial charge is 0.373 e. The van der Waals surface area contributed by atoms with E-state index in [4.69, 9.17) is 5.84 Å². The molecular weight excluding hydrogens is 295 g/mol. The lowest BCUT2D eigenvalue weighted by molar-refractivity contribution is -0.167. The van der Waals surface area contributed by atoms with Crippen molar-refractivity contribution in [1.29, 1.82) is 0 Å². The quantitative estimate of drug-likeness (QED) is 0.462. The Morgan fingerprint density at radius 3 is 2.38 bits per heavy atom. The van der Waals surface area contributed by atoms with E-state index in [1.807, 2.05) is 0 Å². The zero-order chi connectivity index (χ0) is 16.2. The molecule has 0 aliphatic heterocycles. The van der Waals surface area contributed by atoms with Gasteiger partial charge in [-0.25, -0.2) is 13.2 Å². The van der Waals surface area contributed by atoms with Crippen LogP contribution in [0.1, 0.15) is 22.7 Å². The van der Waals surface area contributed by atoms with E-state index in [2.05, 4.69) is 10.2 Å². The number of halogens is 5. The highest BCUT2D eigenvalue weighted by atomic mass is 19.3. The van der Waals surface area contributed by atoms with Gasteiger partial charge < -0.3 is 4.74 Å². The molecule has 8 heteroatoms. The fourth-order valence-electron chi connectivity index (χ4n) is 1.96. The summed E-state index contributed by atoms with van der Waals surface area (Å²) in [5, 5.41) is 0. The molecule has 0 saturated heterocycles. The second kappa shape index (κ2) is 7.15. The lowest BCUT2D eigenvalue weighted by atomic mass is 9.99. The molecular formula is C13H17F5N2O. The van der Waals surface area contributed by atoms with Gasteiger partial charge in [0, 0.05) is 5.56 Å². The summed E-state index contributed by atoms with van der Waals surface area (Å²) in [5.41, 5.74) is 3.64. The number of benzene rings is 1. The molecule has 0 radical (unpaired) electrons. The molecule has 0 fully saturated rings. The van der Waals surface area contributed by atoms with Gasteiger partial charge in [-0.2, -0.15) is 8.78 Å². The van der Waals surface area contributed by atoms with E-state index < -0.39 is 37.4 Å². The molecule has 120 valence electrons. The number of rotatable bonds is 7. The Morgan fingerprint density at radius 2 is 1.90 bits per heavy atom. The fraction of sp³-hybridized carbons (Fsp3) is 0.538. The van der Waals surface area contributed by atoms with Gasteiger partial charge in [0.05, 0.1) is 12.6 Å². The van der Waals surface area contributed by atoms with E-state index in [9.17, 15) is 22.0 Å². The summed E-state index contributed by atoms with van der Waals surface area (Å²) >= 11 is 0. The normalized spacial score (nSPS) is 13.8. The van der Waals surface area contributed by atoms with E-state index in [1.165, 1.54) is 6.07 Å². The second-order valence-electron chi connectivity index (χ2n) is 4.77. The van der Waals surface area contributed by atoms with E-state index in [0.717, 1.165) is 0 Å². The van der Waals surface area contributed by atoms with Crippen LogP contribution in [-0.4, -0.2) is 25.6 Å². The van der Waals surface area contributed by atoms with Crippen molar-refractivity contribution in [3.8, 4) is 0 Å². The highest BCUT2D eigenvalue weighted by Gasteiger charge is 2.41. The number of nitrogens with one attached hydrogen (secondary N) is 1. The molecule has 0 bridgehead atoms. The molecule has 0 amide bonds. The van der Waals surface area contributed by atoms with Gasteiger partial charge in [-0.05, 0) is 31.0 Å². The van der Waals surface area contributed by atoms with Crippen molar-refractivity contribution in [2.75, 3.05) is 13.2 Å². The number of alkyl halides is 4. The van der Waals surface area contributed by atoms with Gasteiger partial charge >= 0.3 is 12.3 Å². The molecule has 3 N–H and O–H groups in total. The number of nitrogens with two attached hydrogens (primary N) is 1. The maximum Gasteiger partial charge on any atom is 0.330 e. The van der Waals surface area contributed by atoms with Crippen molar-refractivity contribution < 1.29 is 26.7 Å². The Hall–Kier alpha value is -1.25. The van der Waals surface area contributed by atoms with Gasteiger partial charge in [0.2, 0.25) is 0 Å². The molecule has 1 aromatic carbocycles. The zero-order valence-corrected chi connectivity index (χ0v) is 11.6. The molecule has 3 nitrogen and oxygen atoms in total. The van der Waals surface area contributed by atoms with Crippen LogP contribution in [0.25, 0.3) is 0 Å². The predicted octanol–water partition coefficient (Wildman–Crippen LogP) is 2.86. The van der Waals surface area contributed by atoms with E-state index in [-0.39, 0.29) is 5.56 Å². The third kappa shape index (κ3) is 4.62. The van der Waals surface area contributed by atoms with Crippen molar-refractivity contribution in [3.63, 3.8) is 0 Å². The van der Waals surface area contributed by atoms with Crippen molar-refractivity contribution in [3.05, 3.63) is 34.6 Å². The first kappa shape index (κ1) is 17.8. The summed E-state index contributed by atoms with van der Waals surface area (Å²) in [6, 6.07) is 2.04. The van der Waals surface area contributed by atoms with Crippen LogP contribution < -0.4 is 11.3 Å². The van der Waals surface area contributed by atoms with Crippen molar-refractivity contribution in [2.24, 2.45) is 5.84 Å². The Morgan fingerprint density at radius 1 is 1.29 bits per heavy atom. The average Bonchev–Trinajstić information content (AvgIpc) is 2.35. The van der Waals surface area contributed by atoms with Crippen molar-refractivity contribution in [1.82, 2.24) is 5.43 Å². The smallest absolute Gasteiger partial charge is 0.330 e. The summed E-state index contributed by atoms with van der Waals surface area (Å²) in [7, 11) is 0. The minimum atomic E-state index is -4.25. The minimum absolute atomic E-state index is 0.156. The average molecular weight is 312 g/mol. The fourth-order valence-corrected chi connectivity index (χ4v) is 1.96. The number of hydrogen-bond donors (Lipinski definition) is 2. The van der Waals surface area contributed by atoms with Crippen LogP contribution in [0.5, 0.6) is 0 Å². The second-order valence-corrected chi connectivity index (χ2v) is 4.77. The third-order valence-corrected chi connectivity index (χ3v) is 2.93. The molecule has 1 atom stereocenters. The SMILES string of the molecule is Cc1cc(C)c(C(COCC(F)(F)C(F)F)NN)c(F)c1. The number of hydrogen-bond acceptors (Lipinski definition) is 3. The standard InChI is InChI=1S/C13H17F5N2O/c1-7-3-8(2)11(9(14)4-7)10(20-19)5-21-6-13(17,18)12(15)16/h3-4,10,12,20H,5-6,19H2,1-2H3. The molecule has 0 spiro atoms. The molecule has 0 aromatic heterocycles. The molecule has 21 heavy (non-hydrogen) atoms. The van der Waals surface area contributed by atoms with E-state index >= 15 is 0 Å². The van der Waals surface area contributed by atoms with Crippen LogP contribution >= 0.6 is 0 Å². The van der Waals surface area contributed by atoms with Gasteiger partial charge in [-0.1, -0.05) is 6.07 Å². The highest BCUT2D eigenvalue weighted by molar-refractivity contribution is 5.34. The monoisotopic (exact) mass is 312 g/mol. The van der Waals surface area contributed by atoms with Gasteiger partial charge in [0.25, 0.3) is 0 Å². The molecule has 0 aliphatic rings. The van der Waals surface area contributed by atoms with Gasteiger partial charge in [-0.15, -0.1) is 0 Å². The summed E-state index contributed by atoms with van der Waals surface area (Å²) in [6.07, 6.45) is -3.82. The van der Waals surface area contributed by atoms with E-state index in [1.54, 1.807) is 19.9 Å². The molecule has 1 rings (SSSR count). The van der Waals surface area contributed by atoms with Gasteiger partial charge in [0.15, 0.2) is 0 Å². The van der Waals surface area contributed by atoms with Crippen LogP contribution in [-0.2, 0) is 4.74 Å². The Kier molecular flexibility index (Phi) is 6.06. The number of aryl methyl sites for hydroxylation is 2. The maximum atomic E-state index is 13.9. The van der Waals surface area contributed by atoms with Crippen LogP contribution in [0.2, 0.25) is 0 Å². The van der Waals surface area contributed by atoms with Crippen LogP contribution in [0.15, 0.2) is 12.1 Å². The van der Waals surface area contributed by atoms with Crippen LogP contribution in [0.3, 0.4) is 0 Å². The first-order chi connectivity index (χ1) is 9.69. The zero-order valence-electron chi connectivity index (χ0n) is 11.6. The lowest BCUT2D eigenvalue weighted by Gasteiger charge is -2.21. The first-order valence-corrected chi connectivity index (χ1v) is 6.15. The molecule has 0 aliphatic carbocycles. The van der Waals surface area contributed by atoms with Gasteiger partial charge in [-0.3, -0.25) is 11.3 Å². The summed E-state index contributed by atoms with van der Waals surface area (Å²) in [4.78, 5) is 0. The first-order valence-electron chi connectivity index (χ1n) is 6.15. The topological polar surface area (TPSA) is 47.3 Å².